The summed E-state index contributed by atoms with van der Waals surface area (Å²) in [5, 5.41) is 12.3. The average Bonchev–Trinajstić information content (AvgIpc) is 2.75. The number of aliphatic carboxylic acids is 1. The highest BCUT2D eigenvalue weighted by Crippen LogP contribution is 2.25. The zero-order valence-corrected chi connectivity index (χ0v) is 10.1. The van der Waals surface area contributed by atoms with E-state index in [1.807, 2.05) is 30.9 Å². The van der Waals surface area contributed by atoms with E-state index < -0.39 is 12.0 Å². The summed E-state index contributed by atoms with van der Waals surface area (Å²) >= 11 is 0. The summed E-state index contributed by atoms with van der Waals surface area (Å²) < 4.78 is 5.57. The molecule has 1 aliphatic rings. The summed E-state index contributed by atoms with van der Waals surface area (Å²) in [5.41, 5.74) is 0. The van der Waals surface area contributed by atoms with Crippen LogP contribution in [0.1, 0.15) is 24.5 Å². The van der Waals surface area contributed by atoms with E-state index in [9.17, 15) is 9.90 Å². The molecule has 2 heterocycles. The van der Waals surface area contributed by atoms with Gasteiger partial charge in [0.15, 0.2) is 0 Å². The number of piperazine rings is 1. The van der Waals surface area contributed by atoms with Gasteiger partial charge in [-0.15, -0.1) is 0 Å². The maximum atomic E-state index is 11.2. The van der Waals surface area contributed by atoms with Crippen molar-refractivity contribution in [2.24, 2.45) is 0 Å². The molecule has 0 saturated carbocycles. The normalized spacial score (nSPS) is 23.5. The molecule has 1 aromatic heterocycles. The lowest BCUT2D eigenvalue weighted by Crippen LogP contribution is -2.55. The van der Waals surface area contributed by atoms with Gasteiger partial charge in [0.05, 0.1) is 6.04 Å². The Balaban J connectivity index is 2.16. The van der Waals surface area contributed by atoms with Gasteiger partial charge in [0.1, 0.15) is 17.6 Å². The van der Waals surface area contributed by atoms with Crippen LogP contribution in [0.25, 0.3) is 0 Å². The van der Waals surface area contributed by atoms with Crippen LogP contribution >= 0.6 is 0 Å². The molecular formula is C12H18N2O3. The van der Waals surface area contributed by atoms with Gasteiger partial charge in [-0.1, -0.05) is 0 Å². The summed E-state index contributed by atoms with van der Waals surface area (Å²) in [6.07, 6.45) is 0. The van der Waals surface area contributed by atoms with Crippen LogP contribution in [0.4, 0.5) is 0 Å². The lowest BCUT2D eigenvalue weighted by Gasteiger charge is -2.36. The van der Waals surface area contributed by atoms with E-state index in [1.165, 1.54) is 0 Å². The van der Waals surface area contributed by atoms with Gasteiger partial charge in [0.2, 0.25) is 0 Å². The summed E-state index contributed by atoms with van der Waals surface area (Å²) in [7, 11) is 0. The van der Waals surface area contributed by atoms with Crippen LogP contribution in [0.15, 0.2) is 16.5 Å². The Morgan fingerprint density at radius 2 is 2.41 bits per heavy atom. The first kappa shape index (κ1) is 12.1. The Bertz CT molecular complexity index is 402. The van der Waals surface area contributed by atoms with Crippen LogP contribution < -0.4 is 5.32 Å². The molecule has 0 spiro atoms. The molecule has 0 bridgehead atoms. The molecule has 5 heteroatoms. The molecule has 0 aromatic carbocycles. The van der Waals surface area contributed by atoms with Crippen LogP contribution in [0.3, 0.4) is 0 Å². The number of hydrogen-bond acceptors (Lipinski definition) is 4. The molecule has 2 N–H and O–H groups in total. The topological polar surface area (TPSA) is 65.7 Å². The minimum Gasteiger partial charge on any atom is -0.480 e. The first-order valence-electron chi connectivity index (χ1n) is 5.85. The van der Waals surface area contributed by atoms with Gasteiger partial charge in [-0.2, -0.15) is 0 Å². The number of furan rings is 1. The van der Waals surface area contributed by atoms with E-state index in [2.05, 4.69) is 5.32 Å². The van der Waals surface area contributed by atoms with E-state index in [0.29, 0.717) is 6.54 Å². The standard InChI is InChI=1S/C12H18N2O3/c1-8-3-4-11(17-8)9(2)14-6-5-13-7-10(14)12(15)16/h3-4,9-10,13H,5-7H2,1-2H3,(H,15,16). The zero-order valence-electron chi connectivity index (χ0n) is 10.1. The molecule has 5 nitrogen and oxygen atoms in total. The van der Waals surface area contributed by atoms with Crippen molar-refractivity contribution in [3.63, 3.8) is 0 Å². The molecule has 0 aliphatic carbocycles. The van der Waals surface area contributed by atoms with Crippen molar-refractivity contribution in [1.82, 2.24) is 10.2 Å². The van der Waals surface area contributed by atoms with Crippen LogP contribution in [0.2, 0.25) is 0 Å². The lowest BCUT2D eigenvalue weighted by molar-refractivity contribution is -0.145. The third-order valence-electron chi connectivity index (χ3n) is 3.24. The first-order valence-corrected chi connectivity index (χ1v) is 5.85. The monoisotopic (exact) mass is 238 g/mol. The van der Waals surface area contributed by atoms with Crippen molar-refractivity contribution in [2.75, 3.05) is 19.6 Å². The van der Waals surface area contributed by atoms with Gasteiger partial charge in [-0.3, -0.25) is 9.69 Å². The fraction of sp³-hybridized carbons (Fsp3) is 0.583. The van der Waals surface area contributed by atoms with Gasteiger partial charge in [0.25, 0.3) is 0 Å². The van der Waals surface area contributed by atoms with E-state index in [-0.39, 0.29) is 6.04 Å². The van der Waals surface area contributed by atoms with Crippen LogP contribution in [-0.2, 0) is 4.79 Å². The molecule has 1 aromatic rings. The highest BCUT2D eigenvalue weighted by Gasteiger charge is 2.33. The molecule has 1 fully saturated rings. The lowest BCUT2D eigenvalue weighted by atomic mass is 10.1. The summed E-state index contributed by atoms with van der Waals surface area (Å²) in [6, 6.07) is 3.33. The molecule has 17 heavy (non-hydrogen) atoms. The summed E-state index contributed by atoms with van der Waals surface area (Å²) in [6.45, 7) is 5.90. The second kappa shape index (κ2) is 4.89. The SMILES string of the molecule is Cc1ccc(C(C)N2CCNCC2C(=O)O)o1. The zero-order chi connectivity index (χ0) is 12.4. The number of nitrogens with zero attached hydrogens (tertiary/aromatic N) is 1. The molecule has 94 valence electrons. The van der Waals surface area contributed by atoms with Crippen molar-refractivity contribution in [3.8, 4) is 0 Å². The number of hydrogen-bond donors (Lipinski definition) is 2. The van der Waals surface area contributed by atoms with Crippen molar-refractivity contribution in [3.05, 3.63) is 23.7 Å². The third-order valence-corrected chi connectivity index (χ3v) is 3.24. The van der Waals surface area contributed by atoms with Gasteiger partial charge in [0, 0.05) is 19.6 Å². The number of nitrogens with one attached hydrogen (secondary N) is 1. The highest BCUT2D eigenvalue weighted by molar-refractivity contribution is 5.74. The number of rotatable bonds is 3. The number of carboxylic acids is 1. The van der Waals surface area contributed by atoms with E-state index in [0.717, 1.165) is 24.6 Å². The maximum Gasteiger partial charge on any atom is 0.322 e. The molecule has 2 rings (SSSR count). The number of carbonyl (C=O) groups is 1. The minimum atomic E-state index is -0.785. The van der Waals surface area contributed by atoms with Crippen LogP contribution in [0.5, 0.6) is 0 Å². The second-order valence-corrected chi connectivity index (χ2v) is 4.42. The maximum absolute atomic E-state index is 11.2. The fourth-order valence-electron chi connectivity index (χ4n) is 2.25. The molecule has 1 aliphatic heterocycles. The van der Waals surface area contributed by atoms with Crippen LogP contribution in [-0.4, -0.2) is 41.7 Å². The second-order valence-electron chi connectivity index (χ2n) is 4.42. The number of carboxylic acid groups (broad SMARTS) is 1. The Morgan fingerprint density at radius 1 is 1.65 bits per heavy atom. The van der Waals surface area contributed by atoms with Crippen molar-refractivity contribution in [1.29, 1.82) is 0 Å². The van der Waals surface area contributed by atoms with Gasteiger partial charge in [-0.25, -0.2) is 0 Å². The van der Waals surface area contributed by atoms with Crippen molar-refractivity contribution < 1.29 is 14.3 Å². The highest BCUT2D eigenvalue weighted by atomic mass is 16.4. The van der Waals surface area contributed by atoms with Gasteiger partial charge in [-0.05, 0) is 26.0 Å². The Labute approximate surface area is 100 Å². The smallest absolute Gasteiger partial charge is 0.322 e. The summed E-state index contributed by atoms with van der Waals surface area (Å²) in [5.74, 6) is 0.900. The predicted octanol–water partition coefficient (Wildman–Crippen LogP) is 1.01. The van der Waals surface area contributed by atoms with E-state index in [1.54, 1.807) is 0 Å². The van der Waals surface area contributed by atoms with Crippen LogP contribution in [0, 0.1) is 6.92 Å². The molecule has 1 saturated heterocycles. The first-order chi connectivity index (χ1) is 8.09. The van der Waals surface area contributed by atoms with E-state index >= 15 is 0 Å². The molecule has 0 radical (unpaired) electrons. The average molecular weight is 238 g/mol. The largest absolute Gasteiger partial charge is 0.480 e. The molecular weight excluding hydrogens is 220 g/mol. The fourth-order valence-corrected chi connectivity index (χ4v) is 2.25. The van der Waals surface area contributed by atoms with Gasteiger partial charge >= 0.3 is 5.97 Å². The minimum absolute atomic E-state index is 0.00750. The molecule has 2 atom stereocenters. The number of aryl methyl sites for hydroxylation is 1. The van der Waals surface area contributed by atoms with Crippen molar-refractivity contribution >= 4 is 5.97 Å². The molecule has 2 unspecified atom stereocenters. The molecule has 0 amide bonds. The quantitative estimate of drug-likeness (QED) is 0.822. The van der Waals surface area contributed by atoms with E-state index in [4.69, 9.17) is 4.42 Å². The van der Waals surface area contributed by atoms with Crippen molar-refractivity contribution in [2.45, 2.75) is 25.9 Å². The Kier molecular flexibility index (Phi) is 3.49. The Morgan fingerprint density at radius 3 is 3.00 bits per heavy atom. The summed E-state index contributed by atoms with van der Waals surface area (Å²) in [4.78, 5) is 13.2. The Hall–Kier alpha value is -1.33. The third kappa shape index (κ3) is 2.50. The predicted molar refractivity (Wildman–Crippen MR) is 62.9 cm³/mol. The van der Waals surface area contributed by atoms with Gasteiger partial charge < -0.3 is 14.8 Å².